The number of anilines is 1. The van der Waals surface area contributed by atoms with Gasteiger partial charge in [0.1, 0.15) is 5.82 Å². The lowest BCUT2D eigenvalue weighted by Crippen LogP contribution is -2.29. The Morgan fingerprint density at radius 2 is 2.00 bits per heavy atom. The first kappa shape index (κ1) is 15.5. The van der Waals surface area contributed by atoms with Gasteiger partial charge < -0.3 is 14.0 Å². The monoisotopic (exact) mass is 350 g/mol. The highest BCUT2D eigenvalue weighted by atomic mass is 16.5. The smallest absolute Gasteiger partial charge is 0.231 e. The normalized spacial score (nSPS) is 20.2. The molecular formula is C19H22N6O. The third kappa shape index (κ3) is 2.87. The van der Waals surface area contributed by atoms with E-state index in [-0.39, 0.29) is 5.92 Å². The summed E-state index contributed by atoms with van der Waals surface area (Å²) < 4.78 is 7.74. The summed E-state index contributed by atoms with van der Waals surface area (Å²) >= 11 is 0. The largest absolute Gasteiger partial charge is 0.357 e. The average Bonchev–Trinajstić information content (AvgIpc) is 3.38. The van der Waals surface area contributed by atoms with Crippen LogP contribution in [0.5, 0.6) is 0 Å². The van der Waals surface area contributed by atoms with Crippen LogP contribution < -0.4 is 4.90 Å². The predicted octanol–water partition coefficient (Wildman–Crippen LogP) is 3.05. The fourth-order valence-corrected chi connectivity index (χ4v) is 3.92. The standard InChI is InChI=1S/C19H22N6O/c1-2-8-24(9-3-1)17-7-5-14(10-21-17)18-22-19(26-23-18)15-4-6-16-11-20-13-25(16)12-15/h5,7,10-11,13,15H,1-4,6,8-9,12H2. The maximum atomic E-state index is 5.56. The number of fused-ring (bicyclic) bond motifs is 1. The summed E-state index contributed by atoms with van der Waals surface area (Å²) in [4.78, 5) is 15.8. The van der Waals surface area contributed by atoms with Crippen molar-refractivity contribution in [2.75, 3.05) is 18.0 Å². The van der Waals surface area contributed by atoms with E-state index in [1.807, 2.05) is 24.8 Å². The van der Waals surface area contributed by atoms with Crippen molar-refractivity contribution in [1.82, 2.24) is 24.7 Å². The van der Waals surface area contributed by atoms with Gasteiger partial charge in [0, 0.05) is 43.3 Å². The molecule has 1 unspecified atom stereocenters. The van der Waals surface area contributed by atoms with Crippen LogP contribution in [-0.4, -0.2) is 37.8 Å². The molecule has 0 amide bonds. The van der Waals surface area contributed by atoms with Crippen LogP contribution in [-0.2, 0) is 13.0 Å². The Bertz CT molecular complexity index is 878. The average molecular weight is 350 g/mol. The summed E-state index contributed by atoms with van der Waals surface area (Å²) in [6.45, 7) is 3.04. The van der Waals surface area contributed by atoms with Gasteiger partial charge in [-0.3, -0.25) is 0 Å². The highest BCUT2D eigenvalue weighted by molar-refractivity contribution is 5.56. The van der Waals surface area contributed by atoms with Crippen molar-refractivity contribution in [3.8, 4) is 11.4 Å². The molecule has 5 heterocycles. The van der Waals surface area contributed by atoms with Gasteiger partial charge in [0.05, 0.1) is 12.2 Å². The van der Waals surface area contributed by atoms with Crippen molar-refractivity contribution in [3.05, 3.63) is 42.4 Å². The van der Waals surface area contributed by atoms with Crippen molar-refractivity contribution < 1.29 is 4.52 Å². The van der Waals surface area contributed by atoms with Gasteiger partial charge in [-0.05, 0) is 44.2 Å². The summed E-state index contributed by atoms with van der Waals surface area (Å²) in [6.07, 6.45) is 11.5. The van der Waals surface area contributed by atoms with Crippen LogP contribution in [0.1, 0.15) is 43.2 Å². The molecule has 5 rings (SSSR count). The van der Waals surface area contributed by atoms with Gasteiger partial charge in [0.2, 0.25) is 11.7 Å². The summed E-state index contributed by atoms with van der Waals surface area (Å²) in [5, 5.41) is 4.18. The molecule has 3 aromatic heterocycles. The molecule has 134 valence electrons. The minimum Gasteiger partial charge on any atom is -0.357 e. The lowest BCUT2D eigenvalue weighted by Gasteiger charge is -2.27. The second kappa shape index (κ2) is 6.55. The molecule has 1 saturated heterocycles. The van der Waals surface area contributed by atoms with E-state index in [0.717, 1.165) is 43.9 Å². The van der Waals surface area contributed by atoms with Crippen LogP contribution in [0.2, 0.25) is 0 Å². The molecule has 0 aromatic carbocycles. The van der Waals surface area contributed by atoms with Gasteiger partial charge in [0.25, 0.3) is 0 Å². The third-order valence-electron chi connectivity index (χ3n) is 5.44. The molecule has 0 radical (unpaired) electrons. The van der Waals surface area contributed by atoms with Crippen LogP contribution in [0.4, 0.5) is 5.82 Å². The second-order valence-corrected chi connectivity index (χ2v) is 7.18. The molecule has 0 aliphatic carbocycles. The zero-order valence-corrected chi connectivity index (χ0v) is 14.7. The van der Waals surface area contributed by atoms with E-state index in [9.17, 15) is 0 Å². The van der Waals surface area contributed by atoms with E-state index in [4.69, 9.17) is 4.52 Å². The maximum absolute atomic E-state index is 5.56. The Balaban J connectivity index is 1.32. The Hall–Kier alpha value is -2.70. The molecule has 0 saturated carbocycles. The Morgan fingerprint density at radius 1 is 1.08 bits per heavy atom. The molecule has 1 fully saturated rings. The minimum absolute atomic E-state index is 0.249. The number of hydrogen-bond acceptors (Lipinski definition) is 6. The number of hydrogen-bond donors (Lipinski definition) is 0. The summed E-state index contributed by atoms with van der Waals surface area (Å²) in [7, 11) is 0. The van der Waals surface area contributed by atoms with Crippen molar-refractivity contribution in [1.29, 1.82) is 0 Å². The van der Waals surface area contributed by atoms with Gasteiger partial charge >= 0.3 is 0 Å². The molecule has 0 N–H and O–H groups in total. The van der Waals surface area contributed by atoms with Crippen molar-refractivity contribution in [2.24, 2.45) is 0 Å². The van der Waals surface area contributed by atoms with E-state index in [0.29, 0.717) is 11.7 Å². The molecule has 7 heteroatoms. The van der Waals surface area contributed by atoms with Gasteiger partial charge in [0.15, 0.2) is 0 Å². The Morgan fingerprint density at radius 3 is 2.85 bits per heavy atom. The van der Waals surface area contributed by atoms with Crippen LogP contribution >= 0.6 is 0 Å². The van der Waals surface area contributed by atoms with Crippen LogP contribution in [0.15, 0.2) is 35.4 Å². The van der Waals surface area contributed by atoms with Gasteiger partial charge in [-0.2, -0.15) is 4.98 Å². The van der Waals surface area contributed by atoms with Crippen molar-refractivity contribution in [2.45, 2.75) is 44.6 Å². The zero-order valence-electron chi connectivity index (χ0n) is 14.7. The first-order valence-corrected chi connectivity index (χ1v) is 9.41. The number of imidazole rings is 1. The zero-order chi connectivity index (χ0) is 17.3. The number of aromatic nitrogens is 5. The van der Waals surface area contributed by atoms with E-state index in [1.54, 1.807) is 0 Å². The van der Waals surface area contributed by atoms with Gasteiger partial charge in [-0.15, -0.1) is 0 Å². The van der Waals surface area contributed by atoms with Gasteiger partial charge in [-0.25, -0.2) is 9.97 Å². The lowest BCUT2D eigenvalue weighted by molar-refractivity contribution is 0.318. The van der Waals surface area contributed by atoms with E-state index in [2.05, 4.69) is 35.6 Å². The number of rotatable bonds is 3. The molecule has 1 atom stereocenters. The lowest BCUT2D eigenvalue weighted by atomic mass is 9.98. The summed E-state index contributed by atoms with van der Waals surface area (Å²) in [5.74, 6) is 2.61. The number of aryl methyl sites for hydroxylation is 1. The highest BCUT2D eigenvalue weighted by Gasteiger charge is 2.25. The maximum Gasteiger partial charge on any atom is 0.231 e. The molecular weight excluding hydrogens is 328 g/mol. The van der Waals surface area contributed by atoms with Gasteiger partial charge in [-0.1, -0.05) is 5.16 Å². The fourth-order valence-electron chi connectivity index (χ4n) is 3.92. The minimum atomic E-state index is 0.249. The van der Waals surface area contributed by atoms with E-state index < -0.39 is 0 Å². The molecule has 0 spiro atoms. The third-order valence-corrected chi connectivity index (χ3v) is 5.44. The first-order valence-electron chi connectivity index (χ1n) is 9.41. The highest BCUT2D eigenvalue weighted by Crippen LogP contribution is 2.29. The quantitative estimate of drug-likeness (QED) is 0.723. The Labute approximate surface area is 152 Å². The molecule has 0 bridgehead atoms. The topological polar surface area (TPSA) is 72.9 Å². The Kier molecular flexibility index (Phi) is 3.92. The second-order valence-electron chi connectivity index (χ2n) is 7.18. The SMILES string of the molecule is c1cc(N2CCCCC2)ncc1-c1noc(C2CCc3cncn3C2)n1. The fraction of sp³-hybridized carbons (Fsp3) is 0.474. The van der Waals surface area contributed by atoms with Crippen LogP contribution in [0.25, 0.3) is 11.4 Å². The molecule has 2 aliphatic rings. The molecule has 3 aromatic rings. The number of pyridine rings is 1. The molecule has 26 heavy (non-hydrogen) atoms. The first-order chi connectivity index (χ1) is 12.9. The van der Waals surface area contributed by atoms with E-state index >= 15 is 0 Å². The predicted molar refractivity (Wildman–Crippen MR) is 96.9 cm³/mol. The van der Waals surface area contributed by atoms with Crippen molar-refractivity contribution >= 4 is 5.82 Å². The van der Waals surface area contributed by atoms with Crippen molar-refractivity contribution in [3.63, 3.8) is 0 Å². The molecule has 2 aliphatic heterocycles. The van der Waals surface area contributed by atoms with Crippen LogP contribution in [0, 0.1) is 0 Å². The number of nitrogens with zero attached hydrogens (tertiary/aromatic N) is 6. The summed E-state index contributed by atoms with van der Waals surface area (Å²) in [6, 6.07) is 4.11. The number of piperidine rings is 1. The summed E-state index contributed by atoms with van der Waals surface area (Å²) in [5.41, 5.74) is 2.18. The van der Waals surface area contributed by atoms with E-state index in [1.165, 1.54) is 25.0 Å². The van der Waals surface area contributed by atoms with Crippen LogP contribution in [0.3, 0.4) is 0 Å². The molecule has 7 nitrogen and oxygen atoms in total.